The molecule has 1 amide bonds. The molecule has 0 spiro atoms. The molecule has 16 heavy (non-hydrogen) atoms. The largest absolute Gasteiger partial charge is 0.352 e. The van der Waals surface area contributed by atoms with E-state index in [-0.39, 0.29) is 23.3 Å². The van der Waals surface area contributed by atoms with Crippen molar-refractivity contribution in [2.45, 2.75) is 46.6 Å². The second-order valence-corrected chi connectivity index (χ2v) is 5.47. The minimum atomic E-state index is -0.166. The Morgan fingerprint density at radius 3 is 2.44 bits per heavy atom. The number of rotatable bonds is 5. The van der Waals surface area contributed by atoms with Gasteiger partial charge in [-0.2, -0.15) is 5.26 Å². The van der Waals surface area contributed by atoms with Crippen LogP contribution in [0.4, 0.5) is 0 Å². The van der Waals surface area contributed by atoms with Gasteiger partial charge in [0, 0.05) is 12.6 Å². The van der Waals surface area contributed by atoms with Crippen LogP contribution in [0, 0.1) is 22.7 Å². The molecule has 0 aliphatic rings. The SMILES string of the molecule is CC(CC#N)NC(=O)C(CN)CC(C)(C)C. The number of nitrogens with two attached hydrogens (primary N) is 1. The van der Waals surface area contributed by atoms with Crippen molar-refractivity contribution in [3.63, 3.8) is 0 Å². The number of carbonyl (C=O) groups excluding carboxylic acids is 1. The van der Waals surface area contributed by atoms with Crippen LogP contribution >= 0.6 is 0 Å². The van der Waals surface area contributed by atoms with E-state index >= 15 is 0 Å². The first-order valence-corrected chi connectivity index (χ1v) is 5.67. The molecule has 0 bridgehead atoms. The van der Waals surface area contributed by atoms with Crippen LogP contribution in [0.25, 0.3) is 0 Å². The zero-order valence-electron chi connectivity index (χ0n) is 10.7. The lowest BCUT2D eigenvalue weighted by Gasteiger charge is -2.25. The summed E-state index contributed by atoms with van der Waals surface area (Å²) < 4.78 is 0. The molecule has 0 radical (unpaired) electrons. The molecule has 0 aliphatic heterocycles. The van der Waals surface area contributed by atoms with Crippen LogP contribution < -0.4 is 11.1 Å². The number of carbonyl (C=O) groups is 1. The summed E-state index contributed by atoms with van der Waals surface area (Å²) >= 11 is 0. The quantitative estimate of drug-likeness (QED) is 0.742. The Hall–Kier alpha value is -1.08. The van der Waals surface area contributed by atoms with Gasteiger partial charge in [-0.3, -0.25) is 4.79 Å². The molecule has 0 aromatic heterocycles. The molecule has 0 saturated heterocycles. The minimum Gasteiger partial charge on any atom is -0.352 e. The van der Waals surface area contributed by atoms with E-state index < -0.39 is 0 Å². The number of hydrogen-bond donors (Lipinski definition) is 2. The van der Waals surface area contributed by atoms with Gasteiger partial charge >= 0.3 is 0 Å². The van der Waals surface area contributed by atoms with Gasteiger partial charge in [0.05, 0.1) is 18.4 Å². The fraction of sp³-hybridized carbons (Fsp3) is 0.833. The summed E-state index contributed by atoms with van der Waals surface area (Å²) in [6.45, 7) is 8.43. The van der Waals surface area contributed by atoms with Gasteiger partial charge in [0.15, 0.2) is 0 Å². The second kappa shape index (κ2) is 6.49. The molecular weight excluding hydrogens is 202 g/mol. The van der Waals surface area contributed by atoms with Crippen molar-refractivity contribution in [1.82, 2.24) is 5.32 Å². The molecule has 0 aromatic rings. The number of hydrogen-bond acceptors (Lipinski definition) is 3. The van der Waals surface area contributed by atoms with E-state index in [1.165, 1.54) is 0 Å². The molecule has 2 unspecified atom stereocenters. The van der Waals surface area contributed by atoms with Crippen molar-refractivity contribution in [3.8, 4) is 6.07 Å². The third-order valence-electron chi connectivity index (χ3n) is 2.30. The Morgan fingerprint density at radius 1 is 1.50 bits per heavy atom. The first-order chi connectivity index (χ1) is 7.30. The van der Waals surface area contributed by atoms with Crippen molar-refractivity contribution >= 4 is 5.91 Å². The van der Waals surface area contributed by atoms with E-state index in [2.05, 4.69) is 26.1 Å². The van der Waals surface area contributed by atoms with Crippen LogP contribution in [0.1, 0.15) is 40.5 Å². The predicted octanol–water partition coefficient (Wildman–Crippen LogP) is 1.42. The summed E-state index contributed by atoms with van der Waals surface area (Å²) in [5, 5.41) is 11.3. The second-order valence-electron chi connectivity index (χ2n) is 5.47. The van der Waals surface area contributed by atoms with Crippen molar-refractivity contribution in [2.24, 2.45) is 17.1 Å². The lowest BCUT2D eigenvalue weighted by Crippen LogP contribution is -2.41. The van der Waals surface area contributed by atoms with Crippen LogP contribution in [0.3, 0.4) is 0 Å². The number of nitrogens with zero attached hydrogens (tertiary/aromatic N) is 1. The third kappa shape index (κ3) is 6.41. The number of amides is 1. The predicted molar refractivity (Wildman–Crippen MR) is 64.5 cm³/mol. The highest BCUT2D eigenvalue weighted by atomic mass is 16.1. The zero-order valence-corrected chi connectivity index (χ0v) is 10.7. The average Bonchev–Trinajstić information content (AvgIpc) is 2.12. The molecule has 0 aromatic carbocycles. The molecule has 4 heteroatoms. The van der Waals surface area contributed by atoms with E-state index in [1.807, 2.05) is 13.0 Å². The molecule has 0 fully saturated rings. The van der Waals surface area contributed by atoms with Gasteiger partial charge in [0.2, 0.25) is 5.91 Å². The van der Waals surface area contributed by atoms with Crippen molar-refractivity contribution in [2.75, 3.05) is 6.54 Å². The fourth-order valence-electron chi connectivity index (χ4n) is 1.57. The highest BCUT2D eigenvalue weighted by Crippen LogP contribution is 2.24. The van der Waals surface area contributed by atoms with Gasteiger partial charge in [0.25, 0.3) is 0 Å². The molecule has 0 aliphatic carbocycles. The first kappa shape index (κ1) is 14.9. The lowest BCUT2D eigenvalue weighted by molar-refractivity contribution is -0.126. The summed E-state index contributed by atoms with van der Waals surface area (Å²) in [5.41, 5.74) is 5.69. The third-order valence-corrected chi connectivity index (χ3v) is 2.30. The van der Waals surface area contributed by atoms with E-state index in [4.69, 9.17) is 11.0 Å². The topological polar surface area (TPSA) is 78.9 Å². The summed E-state index contributed by atoms with van der Waals surface area (Å²) in [6, 6.07) is 1.93. The van der Waals surface area contributed by atoms with Crippen LogP contribution in [0.2, 0.25) is 0 Å². The van der Waals surface area contributed by atoms with Crippen molar-refractivity contribution < 1.29 is 4.79 Å². The normalized spacial score (nSPS) is 15.0. The van der Waals surface area contributed by atoms with E-state index in [0.29, 0.717) is 13.0 Å². The molecule has 0 heterocycles. The Kier molecular flexibility index (Phi) is 6.05. The molecule has 92 valence electrons. The smallest absolute Gasteiger partial charge is 0.224 e. The van der Waals surface area contributed by atoms with Crippen molar-refractivity contribution in [1.29, 1.82) is 5.26 Å². The molecule has 0 saturated carbocycles. The summed E-state index contributed by atoms with van der Waals surface area (Å²) in [6.07, 6.45) is 1.09. The maximum absolute atomic E-state index is 11.8. The molecule has 4 nitrogen and oxygen atoms in total. The Bertz CT molecular complexity index is 262. The first-order valence-electron chi connectivity index (χ1n) is 5.67. The maximum Gasteiger partial charge on any atom is 0.224 e. The van der Waals surface area contributed by atoms with E-state index in [9.17, 15) is 4.79 Å². The summed E-state index contributed by atoms with van der Waals surface area (Å²) in [5.74, 6) is -0.207. The fourth-order valence-corrected chi connectivity index (χ4v) is 1.57. The Labute approximate surface area is 98.2 Å². The minimum absolute atomic E-state index is 0.0415. The Balaban J connectivity index is 4.27. The van der Waals surface area contributed by atoms with Gasteiger partial charge in [-0.25, -0.2) is 0 Å². The standard InChI is InChI=1S/C12H23N3O/c1-9(5-6-13)15-11(16)10(8-14)7-12(2,3)4/h9-10H,5,7-8,14H2,1-4H3,(H,15,16). The lowest BCUT2D eigenvalue weighted by atomic mass is 9.84. The number of nitriles is 1. The molecule has 0 rings (SSSR count). The van der Waals surface area contributed by atoms with Gasteiger partial charge in [-0.05, 0) is 18.8 Å². The Morgan fingerprint density at radius 2 is 2.06 bits per heavy atom. The summed E-state index contributed by atoms with van der Waals surface area (Å²) in [7, 11) is 0. The van der Waals surface area contributed by atoms with Gasteiger partial charge in [-0.1, -0.05) is 20.8 Å². The average molecular weight is 225 g/mol. The maximum atomic E-state index is 11.8. The zero-order chi connectivity index (χ0) is 12.8. The molecule has 2 atom stereocenters. The van der Waals surface area contributed by atoms with E-state index in [1.54, 1.807) is 0 Å². The van der Waals surface area contributed by atoms with Gasteiger partial charge < -0.3 is 11.1 Å². The number of nitrogens with one attached hydrogen (secondary N) is 1. The molecule has 3 N–H and O–H groups in total. The van der Waals surface area contributed by atoms with E-state index in [0.717, 1.165) is 6.42 Å². The highest BCUT2D eigenvalue weighted by Gasteiger charge is 2.24. The summed E-state index contributed by atoms with van der Waals surface area (Å²) in [4.78, 5) is 11.8. The monoisotopic (exact) mass is 225 g/mol. The highest BCUT2D eigenvalue weighted by molar-refractivity contribution is 5.79. The van der Waals surface area contributed by atoms with Crippen molar-refractivity contribution in [3.05, 3.63) is 0 Å². The van der Waals surface area contributed by atoms with Gasteiger partial charge in [-0.15, -0.1) is 0 Å². The van der Waals surface area contributed by atoms with Crippen LogP contribution in [0.5, 0.6) is 0 Å². The van der Waals surface area contributed by atoms with Crippen LogP contribution in [0.15, 0.2) is 0 Å². The van der Waals surface area contributed by atoms with Crippen LogP contribution in [-0.4, -0.2) is 18.5 Å². The molecular formula is C12H23N3O. The van der Waals surface area contributed by atoms with Gasteiger partial charge in [0.1, 0.15) is 0 Å². The van der Waals surface area contributed by atoms with Crippen LogP contribution in [-0.2, 0) is 4.79 Å².